The van der Waals surface area contributed by atoms with Gasteiger partial charge in [0.25, 0.3) is 0 Å². The largest absolute Gasteiger partial charge is 0.495 e. The predicted molar refractivity (Wildman–Crippen MR) is 51.2 cm³/mol. The van der Waals surface area contributed by atoms with Crippen LogP contribution in [0.1, 0.15) is 0 Å². The Hall–Kier alpha value is 0.160. The molecule has 1 aromatic heterocycles. The van der Waals surface area contributed by atoms with E-state index in [4.69, 9.17) is 4.74 Å². The number of aromatic nitrogens is 1. The Kier molecular flexibility index (Phi) is 2.91. The van der Waals surface area contributed by atoms with Crippen molar-refractivity contribution >= 4 is 38.5 Å². The molecule has 0 aromatic carbocycles. The number of hydrogen-bond donors (Lipinski definition) is 0. The predicted octanol–water partition coefficient (Wildman–Crippen LogP) is 2.46. The summed E-state index contributed by atoms with van der Waals surface area (Å²) in [7, 11) is 1.63. The third-order valence-corrected chi connectivity index (χ3v) is 3.20. The Labute approximate surface area is 81.3 Å². The highest BCUT2D eigenvalue weighted by Gasteiger charge is 1.97. The van der Waals surface area contributed by atoms with Crippen LogP contribution in [0.5, 0.6) is 5.75 Å². The zero-order valence-corrected chi connectivity index (χ0v) is 9.01. The summed E-state index contributed by atoms with van der Waals surface area (Å²) in [5, 5.41) is 0. The van der Waals surface area contributed by atoms with E-state index >= 15 is 0 Å². The maximum Gasteiger partial charge on any atom is 0.138 e. The maximum atomic E-state index is 4.96. The fourth-order valence-electron chi connectivity index (χ4n) is 0.515. The Morgan fingerprint density at radius 2 is 2.40 bits per heavy atom. The lowest BCUT2D eigenvalue weighted by Crippen LogP contribution is -1.86. The van der Waals surface area contributed by atoms with E-state index in [1.807, 2.05) is 6.07 Å². The molecule has 0 aliphatic rings. The van der Waals surface area contributed by atoms with Gasteiger partial charge in [0.05, 0.1) is 13.3 Å². The number of pyridine rings is 1. The molecule has 1 heterocycles. The summed E-state index contributed by atoms with van der Waals surface area (Å²) in [4.78, 5) is 4.03. The third-order valence-electron chi connectivity index (χ3n) is 1.01. The molecule has 0 radical (unpaired) electrons. The first-order valence-electron chi connectivity index (χ1n) is 2.59. The minimum Gasteiger partial charge on any atom is -0.495 e. The molecule has 54 valence electrons. The van der Waals surface area contributed by atoms with Crippen molar-refractivity contribution in [2.45, 2.75) is 0 Å². The van der Waals surface area contributed by atoms with Gasteiger partial charge in [-0.3, -0.25) is 0 Å². The van der Waals surface area contributed by atoms with Crippen molar-refractivity contribution in [2.24, 2.45) is 0 Å². The first kappa shape index (κ1) is 8.26. The minimum atomic E-state index is 0.785. The maximum absolute atomic E-state index is 4.96. The molecule has 0 aliphatic carbocycles. The van der Waals surface area contributed by atoms with Crippen LogP contribution in [0.3, 0.4) is 0 Å². The molecule has 0 aliphatic heterocycles. The van der Waals surface area contributed by atoms with Crippen LogP contribution in [0.4, 0.5) is 0 Å². The van der Waals surface area contributed by atoms with Crippen molar-refractivity contribution in [1.29, 1.82) is 0 Å². The zero-order chi connectivity index (χ0) is 7.56. The SMILES string of the molecule is COc1cnc(Br)c(I)c1. The first-order chi connectivity index (χ1) is 4.74. The van der Waals surface area contributed by atoms with Crippen molar-refractivity contribution in [3.05, 3.63) is 20.4 Å². The second-order valence-electron chi connectivity index (χ2n) is 1.65. The number of halogens is 2. The minimum absolute atomic E-state index is 0.785. The van der Waals surface area contributed by atoms with Gasteiger partial charge in [0.15, 0.2) is 0 Å². The van der Waals surface area contributed by atoms with Gasteiger partial charge in [-0.05, 0) is 44.6 Å². The van der Waals surface area contributed by atoms with Crippen LogP contribution in [-0.2, 0) is 0 Å². The van der Waals surface area contributed by atoms with Crippen molar-refractivity contribution in [3.8, 4) is 5.75 Å². The van der Waals surface area contributed by atoms with Crippen LogP contribution in [-0.4, -0.2) is 12.1 Å². The summed E-state index contributed by atoms with van der Waals surface area (Å²) < 4.78 is 6.87. The van der Waals surface area contributed by atoms with E-state index in [9.17, 15) is 0 Å². The molecule has 1 rings (SSSR count). The van der Waals surface area contributed by atoms with Gasteiger partial charge in [0.1, 0.15) is 10.4 Å². The molecule has 0 fully saturated rings. The highest BCUT2D eigenvalue weighted by Crippen LogP contribution is 2.20. The Morgan fingerprint density at radius 3 is 2.90 bits per heavy atom. The van der Waals surface area contributed by atoms with Crippen LogP contribution < -0.4 is 4.74 Å². The lowest BCUT2D eigenvalue weighted by atomic mass is 10.5. The van der Waals surface area contributed by atoms with Crippen molar-refractivity contribution in [1.82, 2.24) is 4.98 Å². The first-order valence-corrected chi connectivity index (χ1v) is 4.46. The van der Waals surface area contributed by atoms with Crippen LogP contribution in [0.15, 0.2) is 16.9 Å². The number of rotatable bonds is 1. The summed E-state index contributed by atoms with van der Waals surface area (Å²) >= 11 is 5.47. The molecular weight excluding hydrogens is 309 g/mol. The molecule has 0 bridgehead atoms. The normalized spacial score (nSPS) is 9.50. The van der Waals surface area contributed by atoms with Gasteiger partial charge in [-0.15, -0.1) is 0 Å². The average molecular weight is 314 g/mol. The standard InChI is InChI=1S/C6H5BrINO/c1-10-4-2-5(8)6(7)9-3-4/h2-3H,1H3. The van der Waals surface area contributed by atoms with E-state index in [1.54, 1.807) is 13.3 Å². The van der Waals surface area contributed by atoms with Crippen LogP contribution in [0, 0.1) is 3.57 Å². The number of ether oxygens (including phenoxy) is 1. The molecule has 2 nitrogen and oxygen atoms in total. The van der Waals surface area contributed by atoms with Gasteiger partial charge in [0, 0.05) is 3.57 Å². The van der Waals surface area contributed by atoms with E-state index in [2.05, 4.69) is 43.5 Å². The Balaban J connectivity index is 3.04. The monoisotopic (exact) mass is 313 g/mol. The van der Waals surface area contributed by atoms with Crippen molar-refractivity contribution < 1.29 is 4.74 Å². The molecule has 0 amide bonds. The van der Waals surface area contributed by atoms with E-state index in [1.165, 1.54) is 0 Å². The Morgan fingerprint density at radius 1 is 1.70 bits per heavy atom. The lowest BCUT2D eigenvalue weighted by Gasteiger charge is -1.99. The van der Waals surface area contributed by atoms with Crippen LogP contribution >= 0.6 is 38.5 Å². The fourth-order valence-corrected chi connectivity index (χ4v) is 1.18. The fraction of sp³-hybridized carbons (Fsp3) is 0.167. The van der Waals surface area contributed by atoms with Crippen molar-refractivity contribution in [3.63, 3.8) is 0 Å². The van der Waals surface area contributed by atoms with E-state index in [-0.39, 0.29) is 0 Å². The lowest BCUT2D eigenvalue weighted by molar-refractivity contribution is 0.412. The second kappa shape index (κ2) is 3.52. The van der Waals surface area contributed by atoms with Gasteiger partial charge >= 0.3 is 0 Å². The number of hydrogen-bond acceptors (Lipinski definition) is 2. The summed E-state index contributed by atoms with van der Waals surface area (Å²) in [5.74, 6) is 0.785. The summed E-state index contributed by atoms with van der Waals surface area (Å²) in [6.45, 7) is 0. The molecule has 10 heavy (non-hydrogen) atoms. The van der Waals surface area contributed by atoms with E-state index in [0.29, 0.717) is 0 Å². The Bertz CT molecular complexity index is 241. The average Bonchev–Trinajstić information content (AvgIpc) is 1.95. The topological polar surface area (TPSA) is 22.1 Å². The highest BCUT2D eigenvalue weighted by molar-refractivity contribution is 14.1. The molecule has 0 N–H and O–H groups in total. The van der Waals surface area contributed by atoms with E-state index < -0.39 is 0 Å². The van der Waals surface area contributed by atoms with Gasteiger partial charge in [0.2, 0.25) is 0 Å². The third kappa shape index (κ3) is 1.82. The molecule has 0 atom stereocenters. The molecule has 0 saturated heterocycles. The van der Waals surface area contributed by atoms with Gasteiger partial charge in [-0.1, -0.05) is 0 Å². The summed E-state index contributed by atoms with van der Waals surface area (Å²) in [6.07, 6.45) is 1.67. The number of methoxy groups -OCH3 is 1. The molecular formula is C6H5BrINO. The quantitative estimate of drug-likeness (QED) is 0.587. The molecule has 1 aromatic rings. The second-order valence-corrected chi connectivity index (χ2v) is 3.56. The molecule has 0 saturated carbocycles. The highest BCUT2D eigenvalue weighted by atomic mass is 127. The van der Waals surface area contributed by atoms with Gasteiger partial charge < -0.3 is 4.74 Å². The van der Waals surface area contributed by atoms with Crippen LogP contribution in [0.2, 0.25) is 0 Å². The number of nitrogens with zero attached hydrogens (tertiary/aromatic N) is 1. The smallest absolute Gasteiger partial charge is 0.138 e. The van der Waals surface area contributed by atoms with Crippen molar-refractivity contribution in [2.75, 3.05) is 7.11 Å². The molecule has 0 unspecified atom stereocenters. The van der Waals surface area contributed by atoms with E-state index in [0.717, 1.165) is 13.9 Å². The van der Waals surface area contributed by atoms with Gasteiger partial charge in [-0.2, -0.15) is 0 Å². The van der Waals surface area contributed by atoms with Crippen LogP contribution in [0.25, 0.3) is 0 Å². The zero-order valence-electron chi connectivity index (χ0n) is 5.27. The van der Waals surface area contributed by atoms with Gasteiger partial charge in [-0.25, -0.2) is 4.98 Å². The molecule has 0 spiro atoms. The molecule has 4 heteroatoms. The summed E-state index contributed by atoms with van der Waals surface area (Å²) in [5.41, 5.74) is 0. The summed E-state index contributed by atoms with van der Waals surface area (Å²) in [6, 6.07) is 1.91.